The van der Waals surface area contributed by atoms with Gasteiger partial charge in [0.1, 0.15) is 5.82 Å². The molecule has 0 amide bonds. The molecule has 1 saturated heterocycles. The average Bonchev–Trinajstić information content (AvgIpc) is 2.29. The van der Waals surface area contributed by atoms with E-state index >= 15 is 0 Å². The lowest BCUT2D eigenvalue weighted by Crippen LogP contribution is -2.46. The number of nitrogens with zero attached hydrogens (tertiary/aromatic N) is 2. The molecule has 0 aliphatic carbocycles. The van der Waals surface area contributed by atoms with Crippen molar-refractivity contribution in [2.45, 2.75) is 13.0 Å². The summed E-state index contributed by atoms with van der Waals surface area (Å²) in [5, 5.41) is 0. The molecule has 1 aliphatic heterocycles. The Hall–Kier alpha value is -1.13. The van der Waals surface area contributed by atoms with E-state index in [0.717, 1.165) is 31.2 Å². The second-order valence-corrected chi connectivity index (χ2v) is 3.81. The van der Waals surface area contributed by atoms with Crippen molar-refractivity contribution >= 4 is 5.82 Å². The van der Waals surface area contributed by atoms with Crippen LogP contribution in [0.25, 0.3) is 0 Å². The van der Waals surface area contributed by atoms with Gasteiger partial charge in [0.05, 0.1) is 12.7 Å². The van der Waals surface area contributed by atoms with Gasteiger partial charge in [0, 0.05) is 25.3 Å². The van der Waals surface area contributed by atoms with Gasteiger partial charge in [0.25, 0.3) is 0 Å². The summed E-state index contributed by atoms with van der Waals surface area (Å²) >= 11 is 0. The topological polar surface area (TPSA) is 51.4 Å². The van der Waals surface area contributed by atoms with E-state index in [9.17, 15) is 0 Å². The number of aryl methyl sites for hydroxylation is 1. The molecule has 15 heavy (non-hydrogen) atoms. The molecule has 4 nitrogen and oxygen atoms in total. The summed E-state index contributed by atoms with van der Waals surface area (Å²) in [5.74, 6) is 1.02. The molecule has 0 spiro atoms. The summed E-state index contributed by atoms with van der Waals surface area (Å²) in [6, 6.07) is 6.07. The predicted molar refractivity (Wildman–Crippen MR) is 60.0 cm³/mol. The minimum atomic E-state index is 0.140. The highest BCUT2D eigenvalue weighted by molar-refractivity contribution is 5.39. The van der Waals surface area contributed by atoms with E-state index in [0.29, 0.717) is 6.54 Å². The molecule has 1 fully saturated rings. The average molecular weight is 207 g/mol. The van der Waals surface area contributed by atoms with E-state index in [-0.39, 0.29) is 6.10 Å². The number of pyridine rings is 1. The smallest absolute Gasteiger partial charge is 0.128 e. The summed E-state index contributed by atoms with van der Waals surface area (Å²) in [6.45, 7) is 5.05. The number of hydrogen-bond acceptors (Lipinski definition) is 4. The third kappa shape index (κ3) is 2.46. The zero-order chi connectivity index (χ0) is 10.7. The minimum absolute atomic E-state index is 0.140. The van der Waals surface area contributed by atoms with Gasteiger partial charge in [0.15, 0.2) is 0 Å². The Kier molecular flexibility index (Phi) is 3.18. The molecule has 2 rings (SSSR count). The molecule has 82 valence electrons. The summed E-state index contributed by atoms with van der Waals surface area (Å²) in [5.41, 5.74) is 6.65. The molecule has 0 aromatic carbocycles. The first-order valence-corrected chi connectivity index (χ1v) is 5.30. The van der Waals surface area contributed by atoms with E-state index in [2.05, 4.69) is 9.88 Å². The summed E-state index contributed by atoms with van der Waals surface area (Å²) < 4.78 is 5.51. The van der Waals surface area contributed by atoms with Gasteiger partial charge in [-0.2, -0.15) is 0 Å². The highest BCUT2D eigenvalue weighted by Gasteiger charge is 2.19. The van der Waals surface area contributed by atoms with Crippen LogP contribution in [0.3, 0.4) is 0 Å². The SMILES string of the molecule is Cc1cccc(N2CCOC(CN)C2)n1. The fourth-order valence-electron chi connectivity index (χ4n) is 1.77. The van der Waals surface area contributed by atoms with Crippen molar-refractivity contribution in [3.63, 3.8) is 0 Å². The minimum Gasteiger partial charge on any atom is -0.373 e. The molecule has 1 atom stereocenters. The van der Waals surface area contributed by atoms with Crippen LogP contribution in [0.15, 0.2) is 18.2 Å². The third-order valence-electron chi connectivity index (χ3n) is 2.60. The molecule has 1 aromatic rings. The van der Waals surface area contributed by atoms with Crippen molar-refractivity contribution in [2.24, 2.45) is 5.73 Å². The van der Waals surface area contributed by atoms with Gasteiger partial charge in [-0.1, -0.05) is 6.07 Å². The first-order chi connectivity index (χ1) is 7.29. The maximum absolute atomic E-state index is 5.60. The fraction of sp³-hybridized carbons (Fsp3) is 0.545. The van der Waals surface area contributed by atoms with Crippen LogP contribution in [0.5, 0.6) is 0 Å². The van der Waals surface area contributed by atoms with Crippen LogP contribution in [0.2, 0.25) is 0 Å². The van der Waals surface area contributed by atoms with Crippen molar-refractivity contribution in [3.8, 4) is 0 Å². The van der Waals surface area contributed by atoms with E-state index < -0.39 is 0 Å². The van der Waals surface area contributed by atoms with Gasteiger partial charge in [-0.3, -0.25) is 0 Å². The quantitative estimate of drug-likeness (QED) is 0.769. The van der Waals surface area contributed by atoms with E-state index in [1.54, 1.807) is 0 Å². The Labute approximate surface area is 90.0 Å². The highest BCUT2D eigenvalue weighted by atomic mass is 16.5. The molecule has 2 N–H and O–H groups in total. The van der Waals surface area contributed by atoms with Crippen LogP contribution in [0.1, 0.15) is 5.69 Å². The van der Waals surface area contributed by atoms with E-state index in [1.807, 2.05) is 25.1 Å². The van der Waals surface area contributed by atoms with Gasteiger partial charge in [-0.25, -0.2) is 4.98 Å². The molecule has 4 heteroatoms. The standard InChI is InChI=1S/C11H17N3O/c1-9-3-2-4-11(13-9)14-5-6-15-10(7-12)8-14/h2-4,10H,5-8,12H2,1H3. The van der Waals surface area contributed by atoms with Crippen LogP contribution in [0, 0.1) is 6.92 Å². The lowest BCUT2D eigenvalue weighted by atomic mass is 10.2. The molecule has 1 aromatic heterocycles. The van der Waals surface area contributed by atoms with Crippen molar-refractivity contribution in [3.05, 3.63) is 23.9 Å². The lowest BCUT2D eigenvalue weighted by molar-refractivity contribution is 0.0463. The summed E-state index contributed by atoms with van der Waals surface area (Å²) in [4.78, 5) is 6.73. The van der Waals surface area contributed by atoms with Crippen molar-refractivity contribution < 1.29 is 4.74 Å². The Morgan fingerprint density at radius 3 is 3.20 bits per heavy atom. The normalized spacial score (nSPS) is 21.7. The number of nitrogens with two attached hydrogens (primary N) is 1. The highest BCUT2D eigenvalue weighted by Crippen LogP contribution is 2.14. The molecule has 2 heterocycles. The second-order valence-electron chi connectivity index (χ2n) is 3.81. The Bertz CT molecular complexity index is 329. The van der Waals surface area contributed by atoms with Crippen LogP contribution >= 0.6 is 0 Å². The predicted octanol–water partition coefficient (Wildman–Crippen LogP) is 0.554. The lowest BCUT2D eigenvalue weighted by Gasteiger charge is -2.33. The Balaban J connectivity index is 2.09. The van der Waals surface area contributed by atoms with E-state index in [1.165, 1.54) is 0 Å². The first kappa shape index (κ1) is 10.4. The number of morpholine rings is 1. The van der Waals surface area contributed by atoms with Crippen molar-refractivity contribution in [1.82, 2.24) is 4.98 Å². The second kappa shape index (κ2) is 4.59. The van der Waals surface area contributed by atoms with Crippen LogP contribution in [-0.4, -0.2) is 37.3 Å². The van der Waals surface area contributed by atoms with Crippen LogP contribution in [0.4, 0.5) is 5.82 Å². The molecular formula is C11H17N3O. The third-order valence-corrected chi connectivity index (χ3v) is 2.60. The maximum Gasteiger partial charge on any atom is 0.128 e. The largest absolute Gasteiger partial charge is 0.373 e. The molecule has 1 unspecified atom stereocenters. The number of aromatic nitrogens is 1. The molecule has 0 radical (unpaired) electrons. The Morgan fingerprint density at radius 2 is 2.47 bits per heavy atom. The van der Waals surface area contributed by atoms with Crippen LogP contribution < -0.4 is 10.6 Å². The maximum atomic E-state index is 5.60. The molecule has 0 saturated carbocycles. The van der Waals surface area contributed by atoms with E-state index in [4.69, 9.17) is 10.5 Å². The number of ether oxygens (including phenoxy) is 1. The zero-order valence-electron chi connectivity index (χ0n) is 9.02. The van der Waals surface area contributed by atoms with Gasteiger partial charge in [-0.05, 0) is 19.1 Å². The number of rotatable bonds is 2. The van der Waals surface area contributed by atoms with Crippen LogP contribution in [-0.2, 0) is 4.74 Å². The summed E-state index contributed by atoms with van der Waals surface area (Å²) in [7, 11) is 0. The van der Waals surface area contributed by atoms with Gasteiger partial charge in [0.2, 0.25) is 0 Å². The molecule has 1 aliphatic rings. The van der Waals surface area contributed by atoms with Gasteiger partial charge >= 0.3 is 0 Å². The first-order valence-electron chi connectivity index (χ1n) is 5.30. The fourth-order valence-corrected chi connectivity index (χ4v) is 1.77. The molecule has 0 bridgehead atoms. The number of hydrogen-bond donors (Lipinski definition) is 1. The van der Waals surface area contributed by atoms with Crippen molar-refractivity contribution in [2.75, 3.05) is 31.1 Å². The van der Waals surface area contributed by atoms with Gasteiger partial charge in [-0.15, -0.1) is 0 Å². The zero-order valence-corrected chi connectivity index (χ0v) is 9.02. The monoisotopic (exact) mass is 207 g/mol. The number of anilines is 1. The van der Waals surface area contributed by atoms with Crippen molar-refractivity contribution in [1.29, 1.82) is 0 Å². The van der Waals surface area contributed by atoms with Gasteiger partial charge < -0.3 is 15.4 Å². The summed E-state index contributed by atoms with van der Waals surface area (Å²) in [6.07, 6.45) is 0.140. The Morgan fingerprint density at radius 1 is 1.60 bits per heavy atom. The molecular weight excluding hydrogens is 190 g/mol.